The van der Waals surface area contributed by atoms with Crippen LogP contribution in [0.1, 0.15) is 40.5 Å². The van der Waals surface area contributed by atoms with Crippen molar-refractivity contribution in [1.29, 1.82) is 0 Å². The van der Waals surface area contributed by atoms with Gasteiger partial charge in [0, 0.05) is 37.8 Å². The summed E-state index contributed by atoms with van der Waals surface area (Å²) >= 11 is 0. The van der Waals surface area contributed by atoms with Crippen molar-refractivity contribution in [3.05, 3.63) is 0 Å². The average Bonchev–Trinajstić information content (AvgIpc) is 2.38. The molecule has 0 bridgehead atoms. The molecule has 0 aliphatic carbocycles. The van der Waals surface area contributed by atoms with E-state index in [1.807, 2.05) is 0 Å². The third kappa shape index (κ3) is 3.93. The van der Waals surface area contributed by atoms with Gasteiger partial charge >= 0.3 is 0 Å². The molecule has 0 aromatic rings. The lowest BCUT2D eigenvalue weighted by atomic mass is 9.87. The summed E-state index contributed by atoms with van der Waals surface area (Å²) in [5, 5.41) is 0. The fourth-order valence-corrected chi connectivity index (χ4v) is 3.58. The Bertz CT molecular complexity index is 268. The molecule has 0 N–H and O–H groups in total. The molecule has 112 valence electrons. The zero-order chi connectivity index (χ0) is 14.0. The Hall–Kier alpha value is -0.120. The molecule has 0 saturated carbocycles. The van der Waals surface area contributed by atoms with Gasteiger partial charge in [-0.05, 0) is 66.6 Å². The number of piperidine rings is 1. The van der Waals surface area contributed by atoms with E-state index in [0.29, 0.717) is 5.54 Å². The zero-order valence-corrected chi connectivity index (χ0v) is 13.7. The smallest absolute Gasteiger partial charge is 0.0125 e. The second-order valence-electron chi connectivity index (χ2n) is 7.58. The van der Waals surface area contributed by atoms with Crippen LogP contribution >= 0.6 is 0 Å². The van der Waals surface area contributed by atoms with Gasteiger partial charge in [0.2, 0.25) is 0 Å². The van der Waals surface area contributed by atoms with E-state index in [1.54, 1.807) is 0 Å². The summed E-state index contributed by atoms with van der Waals surface area (Å²) < 4.78 is 0. The summed E-state index contributed by atoms with van der Waals surface area (Å²) in [6.45, 7) is 17.1. The molecular weight excluding hydrogens is 234 g/mol. The van der Waals surface area contributed by atoms with E-state index in [2.05, 4.69) is 49.4 Å². The first kappa shape index (κ1) is 15.3. The molecule has 1 unspecified atom stereocenters. The molecule has 0 spiro atoms. The normalized spacial score (nSPS) is 27.6. The van der Waals surface area contributed by atoms with Crippen LogP contribution in [0.5, 0.6) is 0 Å². The lowest BCUT2D eigenvalue weighted by Crippen LogP contribution is -2.53. The fourth-order valence-electron chi connectivity index (χ4n) is 3.58. The van der Waals surface area contributed by atoms with Crippen molar-refractivity contribution in [2.24, 2.45) is 5.92 Å². The van der Waals surface area contributed by atoms with Gasteiger partial charge in [0.05, 0.1) is 0 Å². The Morgan fingerprint density at radius 1 is 0.895 bits per heavy atom. The van der Waals surface area contributed by atoms with Gasteiger partial charge in [0.25, 0.3) is 0 Å². The number of rotatable bonds is 2. The van der Waals surface area contributed by atoms with E-state index in [-0.39, 0.29) is 0 Å². The van der Waals surface area contributed by atoms with Gasteiger partial charge in [-0.1, -0.05) is 0 Å². The minimum Gasteiger partial charge on any atom is -0.304 e. The van der Waals surface area contributed by atoms with Crippen molar-refractivity contribution in [3.63, 3.8) is 0 Å². The minimum atomic E-state index is 0.349. The molecule has 2 fully saturated rings. The molecule has 0 radical (unpaired) electrons. The van der Waals surface area contributed by atoms with Crippen molar-refractivity contribution >= 4 is 0 Å². The van der Waals surface area contributed by atoms with Gasteiger partial charge in [0.1, 0.15) is 0 Å². The summed E-state index contributed by atoms with van der Waals surface area (Å²) in [6, 6.07) is 0.774. The van der Waals surface area contributed by atoms with E-state index >= 15 is 0 Å². The highest BCUT2D eigenvalue weighted by atomic mass is 15.3. The molecule has 1 atom stereocenters. The maximum atomic E-state index is 2.72. The predicted octanol–water partition coefficient (Wildman–Crippen LogP) is 2.13. The molecule has 2 saturated heterocycles. The fraction of sp³-hybridized carbons (Fsp3) is 1.00. The standard InChI is InChI=1S/C16H33N3/c1-14(18-12-10-17(5)11-13-18)15-6-8-19(9-7-15)16(2,3)4/h14-15H,6-13H2,1-5H3. The van der Waals surface area contributed by atoms with Crippen molar-refractivity contribution in [2.75, 3.05) is 46.3 Å². The Kier molecular flexibility index (Phi) is 4.91. The van der Waals surface area contributed by atoms with Crippen LogP contribution in [0.2, 0.25) is 0 Å². The third-order valence-electron chi connectivity index (χ3n) is 5.28. The van der Waals surface area contributed by atoms with Gasteiger partial charge in [-0.3, -0.25) is 9.80 Å². The molecule has 2 aliphatic heterocycles. The maximum absolute atomic E-state index is 2.72. The highest BCUT2D eigenvalue weighted by Crippen LogP contribution is 2.28. The van der Waals surface area contributed by atoms with Crippen molar-refractivity contribution in [2.45, 2.75) is 52.1 Å². The highest BCUT2D eigenvalue weighted by Gasteiger charge is 2.32. The molecule has 0 aromatic carbocycles. The zero-order valence-electron chi connectivity index (χ0n) is 13.7. The lowest BCUT2D eigenvalue weighted by Gasteiger charge is -2.45. The van der Waals surface area contributed by atoms with E-state index in [0.717, 1.165) is 12.0 Å². The van der Waals surface area contributed by atoms with Crippen molar-refractivity contribution in [1.82, 2.24) is 14.7 Å². The quantitative estimate of drug-likeness (QED) is 0.759. The summed E-state index contributed by atoms with van der Waals surface area (Å²) in [5.41, 5.74) is 0.349. The minimum absolute atomic E-state index is 0.349. The Balaban J connectivity index is 1.81. The van der Waals surface area contributed by atoms with Crippen LogP contribution in [-0.2, 0) is 0 Å². The van der Waals surface area contributed by atoms with Gasteiger partial charge in [-0.15, -0.1) is 0 Å². The van der Waals surface area contributed by atoms with Crippen LogP contribution in [-0.4, -0.2) is 72.6 Å². The predicted molar refractivity (Wildman–Crippen MR) is 82.6 cm³/mol. The van der Waals surface area contributed by atoms with Crippen molar-refractivity contribution in [3.8, 4) is 0 Å². The number of nitrogens with zero attached hydrogens (tertiary/aromatic N) is 3. The second-order valence-corrected chi connectivity index (χ2v) is 7.58. The van der Waals surface area contributed by atoms with Gasteiger partial charge in [0.15, 0.2) is 0 Å². The number of likely N-dealkylation sites (tertiary alicyclic amines) is 1. The average molecular weight is 267 g/mol. The third-order valence-corrected chi connectivity index (χ3v) is 5.28. The van der Waals surface area contributed by atoms with Crippen LogP contribution in [0.4, 0.5) is 0 Å². The highest BCUT2D eigenvalue weighted by molar-refractivity contribution is 4.87. The van der Waals surface area contributed by atoms with Crippen LogP contribution in [0.3, 0.4) is 0 Å². The van der Waals surface area contributed by atoms with Crippen LogP contribution < -0.4 is 0 Å². The number of hydrogen-bond acceptors (Lipinski definition) is 3. The Morgan fingerprint density at radius 2 is 1.42 bits per heavy atom. The van der Waals surface area contributed by atoms with Gasteiger partial charge in [-0.25, -0.2) is 0 Å². The van der Waals surface area contributed by atoms with E-state index in [1.165, 1.54) is 52.1 Å². The summed E-state index contributed by atoms with van der Waals surface area (Å²) in [5.74, 6) is 0.905. The molecule has 0 amide bonds. The molecule has 0 aromatic heterocycles. The number of hydrogen-bond donors (Lipinski definition) is 0. The van der Waals surface area contributed by atoms with E-state index in [4.69, 9.17) is 0 Å². The van der Waals surface area contributed by atoms with E-state index in [9.17, 15) is 0 Å². The van der Waals surface area contributed by atoms with E-state index < -0.39 is 0 Å². The Labute approximate surface area is 119 Å². The summed E-state index contributed by atoms with van der Waals surface area (Å²) in [6.07, 6.45) is 2.76. The molecule has 3 nitrogen and oxygen atoms in total. The topological polar surface area (TPSA) is 9.72 Å². The lowest BCUT2D eigenvalue weighted by molar-refractivity contribution is 0.0361. The molecule has 2 heterocycles. The SMILES string of the molecule is CC(C1CCN(C(C)(C)C)CC1)N1CCN(C)CC1. The molecule has 19 heavy (non-hydrogen) atoms. The number of likely N-dealkylation sites (N-methyl/N-ethyl adjacent to an activating group) is 1. The molecular formula is C16H33N3. The first-order chi connectivity index (χ1) is 8.88. The first-order valence-corrected chi connectivity index (χ1v) is 8.05. The summed E-state index contributed by atoms with van der Waals surface area (Å²) in [4.78, 5) is 7.82. The molecule has 3 heteroatoms. The summed E-state index contributed by atoms with van der Waals surface area (Å²) in [7, 11) is 2.24. The van der Waals surface area contributed by atoms with Crippen LogP contribution in [0.25, 0.3) is 0 Å². The molecule has 2 aliphatic rings. The van der Waals surface area contributed by atoms with Gasteiger partial charge < -0.3 is 4.90 Å². The largest absolute Gasteiger partial charge is 0.304 e. The maximum Gasteiger partial charge on any atom is 0.0125 e. The van der Waals surface area contributed by atoms with Gasteiger partial charge in [-0.2, -0.15) is 0 Å². The number of piperazine rings is 1. The monoisotopic (exact) mass is 267 g/mol. The first-order valence-electron chi connectivity index (χ1n) is 8.05. The van der Waals surface area contributed by atoms with Crippen LogP contribution in [0, 0.1) is 5.92 Å². The molecule has 2 rings (SSSR count). The van der Waals surface area contributed by atoms with Crippen LogP contribution in [0.15, 0.2) is 0 Å². The second kappa shape index (κ2) is 6.11. The van der Waals surface area contributed by atoms with Crippen molar-refractivity contribution < 1.29 is 0 Å². The Morgan fingerprint density at radius 3 is 1.89 bits per heavy atom.